The van der Waals surface area contributed by atoms with E-state index >= 15 is 0 Å². The van der Waals surface area contributed by atoms with E-state index in [0.717, 1.165) is 36.3 Å². The van der Waals surface area contributed by atoms with Crippen molar-refractivity contribution in [1.29, 1.82) is 0 Å². The van der Waals surface area contributed by atoms with E-state index in [1.165, 1.54) is 25.7 Å². The van der Waals surface area contributed by atoms with Gasteiger partial charge in [-0.3, -0.25) is 14.4 Å². The second-order valence-corrected chi connectivity index (χ2v) is 10.6. The van der Waals surface area contributed by atoms with Gasteiger partial charge in [0.15, 0.2) is 5.17 Å². The van der Waals surface area contributed by atoms with Crippen molar-refractivity contribution in [3.8, 4) is 0 Å². The Balaban J connectivity index is 1.27. The minimum Gasteiger partial charge on any atom is -0.369 e. The molecule has 0 aromatic rings. The van der Waals surface area contributed by atoms with Gasteiger partial charge < -0.3 is 16.0 Å². The maximum atomic E-state index is 12.6. The summed E-state index contributed by atoms with van der Waals surface area (Å²) >= 11 is 1.59. The van der Waals surface area contributed by atoms with E-state index in [1.54, 1.807) is 16.7 Å². The zero-order valence-electron chi connectivity index (χ0n) is 16.5. The van der Waals surface area contributed by atoms with Gasteiger partial charge in [0.2, 0.25) is 11.8 Å². The van der Waals surface area contributed by atoms with Gasteiger partial charge in [-0.25, -0.2) is 0 Å². The summed E-state index contributed by atoms with van der Waals surface area (Å²) in [5.41, 5.74) is 5.11. The fourth-order valence-electron chi connectivity index (χ4n) is 5.46. The number of carbonyl (C=O) groups is 3. The average Bonchev–Trinajstić information content (AvgIpc) is 3.30. The van der Waals surface area contributed by atoms with Crippen LogP contribution in [0.1, 0.15) is 58.3 Å². The highest BCUT2D eigenvalue weighted by Gasteiger charge is 2.46. The number of amides is 3. The fourth-order valence-corrected chi connectivity index (χ4v) is 6.68. The van der Waals surface area contributed by atoms with Crippen LogP contribution in [-0.2, 0) is 14.4 Å². The molecule has 7 nitrogen and oxygen atoms in total. The molecule has 3 fully saturated rings. The Bertz CT molecular complexity index is 704. The minimum absolute atomic E-state index is 0.0320. The molecule has 4 aliphatic rings. The van der Waals surface area contributed by atoms with Crippen LogP contribution in [0.2, 0.25) is 0 Å². The highest BCUT2D eigenvalue weighted by Crippen LogP contribution is 2.46. The highest BCUT2D eigenvalue weighted by molar-refractivity contribution is 8.16. The standard InChI is InChI=1S/C20H30N4O3S/c1-20(11-12-4-6-24(7-5-12)17(26)10-16(21)25)18(27)23-19(28-20)22-15-9-13-2-3-14(15)8-13/h12-15H,2-11H2,1H3,(H2,21,25)(H,22,23,27)/t13-,14+,15+,20?/m1/s1. The van der Waals surface area contributed by atoms with E-state index in [1.807, 2.05) is 6.92 Å². The molecule has 2 aliphatic heterocycles. The van der Waals surface area contributed by atoms with Gasteiger partial charge in [-0.15, -0.1) is 0 Å². The number of primary amides is 1. The van der Waals surface area contributed by atoms with E-state index in [-0.39, 0.29) is 18.2 Å². The molecule has 3 amide bonds. The number of carbonyl (C=O) groups excluding carboxylic acids is 3. The molecule has 2 bridgehead atoms. The van der Waals surface area contributed by atoms with Crippen molar-refractivity contribution in [3.63, 3.8) is 0 Å². The summed E-state index contributed by atoms with van der Waals surface area (Å²) < 4.78 is -0.510. The zero-order valence-corrected chi connectivity index (χ0v) is 17.3. The van der Waals surface area contributed by atoms with Crippen LogP contribution in [-0.4, -0.2) is 51.7 Å². The van der Waals surface area contributed by atoms with E-state index in [9.17, 15) is 14.4 Å². The number of hydrogen-bond donors (Lipinski definition) is 2. The van der Waals surface area contributed by atoms with E-state index in [4.69, 9.17) is 5.73 Å². The molecule has 4 rings (SSSR count). The zero-order chi connectivity index (χ0) is 19.9. The van der Waals surface area contributed by atoms with E-state index < -0.39 is 10.7 Å². The van der Waals surface area contributed by atoms with Crippen molar-refractivity contribution in [2.75, 3.05) is 13.1 Å². The van der Waals surface area contributed by atoms with Gasteiger partial charge in [-0.05, 0) is 63.2 Å². The van der Waals surface area contributed by atoms with Gasteiger partial charge in [0.1, 0.15) is 11.2 Å². The molecule has 8 heteroatoms. The van der Waals surface area contributed by atoms with Gasteiger partial charge in [0.25, 0.3) is 5.91 Å². The van der Waals surface area contributed by atoms with Crippen molar-refractivity contribution >= 4 is 34.7 Å². The lowest BCUT2D eigenvalue weighted by atomic mass is 9.87. The van der Waals surface area contributed by atoms with Crippen molar-refractivity contribution in [2.45, 2.75) is 69.1 Å². The second-order valence-electron chi connectivity index (χ2n) is 9.15. The monoisotopic (exact) mass is 406 g/mol. The highest BCUT2D eigenvalue weighted by atomic mass is 32.2. The Labute approximate surface area is 170 Å². The first-order chi connectivity index (χ1) is 13.3. The molecule has 1 unspecified atom stereocenters. The number of thioether (sulfide) groups is 1. The Hall–Kier alpha value is -1.57. The van der Waals surface area contributed by atoms with Crippen LogP contribution in [0.3, 0.4) is 0 Å². The van der Waals surface area contributed by atoms with Gasteiger partial charge in [-0.2, -0.15) is 4.99 Å². The molecule has 154 valence electrons. The predicted molar refractivity (Wildman–Crippen MR) is 109 cm³/mol. The summed E-state index contributed by atoms with van der Waals surface area (Å²) in [6.07, 6.45) is 7.47. The normalized spacial score (nSPS) is 35.3. The molecule has 2 aliphatic carbocycles. The van der Waals surface area contributed by atoms with Crippen LogP contribution in [0.15, 0.2) is 4.99 Å². The number of amidine groups is 1. The van der Waals surface area contributed by atoms with Crippen molar-refractivity contribution in [2.24, 2.45) is 28.5 Å². The number of rotatable bonds is 5. The van der Waals surface area contributed by atoms with Crippen molar-refractivity contribution in [3.05, 3.63) is 0 Å². The SMILES string of the molecule is CC1(CC2CCN(C(=O)CC(N)=O)CC2)SC(N[C@H]2C[C@@H]3CC[C@H]2C3)=NC1=O. The first kappa shape index (κ1) is 19.7. The van der Waals surface area contributed by atoms with Crippen LogP contribution in [0.25, 0.3) is 0 Å². The second kappa shape index (κ2) is 7.69. The Morgan fingerprint density at radius 1 is 1.25 bits per heavy atom. The molecule has 28 heavy (non-hydrogen) atoms. The molecule has 0 radical (unpaired) electrons. The first-order valence-electron chi connectivity index (χ1n) is 10.5. The van der Waals surface area contributed by atoms with E-state index in [0.29, 0.717) is 25.0 Å². The van der Waals surface area contributed by atoms with Crippen LogP contribution in [0.4, 0.5) is 0 Å². The molecular formula is C20H30N4O3S. The summed E-state index contributed by atoms with van der Waals surface area (Å²) in [6.45, 7) is 3.26. The number of hydrogen-bond acceptors (Lipinski definition) is 5. The Morgan fingerprint density at radius 3 is 2.61 bits per heavy atom. The predicted octanol–water partition coefficient (Wildman–Crippen LogP) is 1.66. The van der Waals surface area contributed by atoms with Crippen molar-refractivity contribution in [1.82, 2.24) is 10.2 Å². The number of aliphatic imine (C=N–C) groups is 1. The topological polar surface area (TPSA) is 105 Å². The van der Waals surface area contributed by atoms with Gasteiger partial charge in [-0.1, -0.05) is 18.2 Å². The van der Waals surface area contributed by atoms with Gasteiger partial charge >= 0.3 is 0 Å². The molecule has 0 aromatic heterocycles. The number of piperidine rings is 1. The number of nitrogens with zero attached hydrogens (tertiary/aromatic N) is 2. The third-order valence-electron chi connectivity index (χ3n) is 7.00. The van der Waals surface area contributed by atoms with Crippen LogP contribution in [0.5, 0.6) is 0 Å². The summed E-state index contributed by atoms with van der Waals surface area (Å²) in [5.74, 6) is 1.19. The third-order valence-corrected chi connectivity index (χ3v) is 8.19. The van der Waals surface area contributed by atoms with Gasteiger partial charge in [0, 0.05) is 19.1 Å². The Kier molecular flexibility index (Phi) is 5.42. The Morgan fingerprint density at radius 2 is 2.00 bits per heavy atom. The van der Waals surface area contributed by atoms with Crippen LogP contribution >= 0.6 is 11.8 Å². The summed E-state index contributed by atoms with van der Waals surface area (Å²) in [6, 6.07) is 0.486. The fraction of sp³-hybridized carbons (Fsp3) is 0.800. The first-order valence-corrected chi connectivity index (χ1v) is 11.3. The summed E-state index contributed by atoms with van der Waals surface area (Å²) in [7, 11) is 0. The summed E-state index contributed by atoms with van der Waals surface area (Å²) in [4.78, 5) is 41.6. The third kappa shape index (κ3) is 4.07. The number of likely N-dealkylation sites (tertiary alicyclic amines) is 1. The molecule has 0 spiro atoms. The molecule has 2 saturated carbocycles. The minimum atomic E-state index is -0.583. The van der Waals surface area contributed by atoms with Crippen molar-refractivity contribution < 1.29 is 14.4 Å². The molecule has 1 saturated heterocycles. The maximum Gasteiger partial charge on any atom is 0.264 e. The number of fused-ring (bicyclic) bond motifs is 2. The maximum absolute atomic E-state index is 12.6. The average molecular weight is 407 g/mol. The quantitative estimate of drug-likeness (QED) is 0.676. The molecule has 0 aromatic carbocycles. The number of nitrogens with two attached hydrogens (primary N) is 1. The van der Waals surface area contributed by atoms with E-state index in [2.05, 4.69) is 10.3 Å². The molecule has 2 heterocycles. The molecule has 3 N–H and O–H groups in total. The molecule has 4 atom stereocenters. The summed E-state index contributed by atoms with van der Waals surface area (Å²) in [5, 5.41) is 4.37. The number of nitrogens with one attached hydrogen (secondary N) is 1. The lowest BCUT2D eigenvalue weighted by molar-refractivity contribution is -0.136. The lowest BCUT2D eigenvalue weighted by Crippen LogP contribution is -2.42. The smallest absolute Gasteiger partial charge is 0.264 e. The van der Waals surface area contributed by atoms with Crippen LogP contribution < -0.4 is 11.1 Å². The van der Waals surface area contributed by atoms with Gasteiger partial charge in [0.05, 0.1) is 0 Å². The largest absolute Gasteiger partial charge is 0.369 e. The molecular weight excluding hydrogens is 376 g/mol. The lowest BCUT2D eigenvalue weighted by Gasteiger charge is -2.35. The van der Waals surface area contributed by atoms with Crippen LogP contribution in [0, 0.1) is 17.8 Å².